The Bertz CT molecular complexity index is 393. The largest absolute Gasteiger partial charge is 0.480 e. The normalized spacial score (nSPS) is 15.8. The zero-order valence-electron chi connectivity index (χ0n) is 7.77. The van der Waals surface area contributed by atoms with Crippen LogP contribution in [-0.4, -0.2) is 24.1 Å². The number of rotatable bonds is 3. The van der Waals surface area contributed by atoms with Gasteiger partial charge in [0.05, 0.1) is 9.40 Å². The van der Waals surface area contributed by atoms with Crippen molar-refractivity contribution in [1.82, 2.24) is 5.32 Å². The van der Waals surface area contributed by atoms with Crippen LogP contribution in [0.2, 0.25) is 0 Å². The van der Waals surface area contributed by atoms with E-state index in [1.165, 1.54) is 6.07 Å². The molecule has 15 heavy (non-hydrogen) atoms. The highest BCUT2D eigenvalue weighted by Gasteiger charge is 2.25. The summed E-state index contributed by atoms with van der Waals surface area (Å²) in [4.78, 5) is 10.3. The van der Waals surface area contributed by atoms with E-state index in [-0.39, 0.29) is 11.8 Å². The third-order valence-electron chi connectivity index (χ3n) is 2.17. The first-order valence-electron chi connectivity index (χ1n) is 4.49. The minimum Gasteiger partial charge on any atom is -0.480 e. The lowest BCUT2D eigenvalue weighted by Crippen LogP contribution is -2.50. The molecule has 80 valence electrons. The maximum atomic E-state index is 10.8. The van der Waals surface area contributed by atoms with Crippen LogP contribution in [0.5, 0.6) is 5.75 Å². The van der Waals surface area contributed by atoms with Gasteiger partial charge in [0.1, 0.15) is 6.10 Å². The molecule has 1 fully saturated rings. The number of ether oxygens (including phenoxy) is 1. The van der Waals surface area contributed by atoms with Gasteiger partial charge in [-0.3, -0.25) is 10.1 Å². The fraction of sp³-hybridized carbons (Fsp3) is 0.333. The molecule has 1 N–H and O–H groups in total. The van der Waals surface area contributed by atoms with Crippen LogP contribution in [0.15, 0.2) is 22.7 Å². The zero-order valence-corrected chi connectivity index (χ0v) is 9.36. The fourth-order valence-electron chi connectivity index (χ4n) is 1.27. The molecule has 0 bridgehead atoms. The topological polar surface area (TPSA) is 64.4 Å². The Morgan fingerprint density at radius 3 is 2.80 bits per heavy atom. The minimum atomic E-state index is -0.438. The Kier molecular flexibility index (Phi) is 2.88. The molecule has 0 unspecified atom stereocenters. The molecule has 0 radical (unpaired) electrons. The highest BCUT2D eigenvalue weighted by atomic mass is 79.9. The second-order valence-electron chi connectivity index (χ2n) is 3.24. The number of nitrogens with zero attached hydrogens (tertiary/aromatic N) is 1. The molecule has 0 spiro atoms. The van der Waals surface area contributed by atoms with Crippen molar-refractivity contribution >= 4 is 21.6 Å². The zero-order chi connectivity index (χ0) is 10.8. The number of nitrogens with one attached hydrogen (secondary N) is 1. The predicted molar refractivity (Wildman–Crippen MR) is 58.1 cm³/mol. The van der Waals surface area contributed by atoms with Crippen molar-refractivity contribution in [2.24, 2.45) is 0 Å². The van der Waals surface area contributed by atoms with Crippen LogP contribution < -0.4 is 10.1 Å². The van der Waals surface area contributed by atoms with E-state index in [0.29, 0.717) is 10.2 Å². The third kappa shape index (κ3) is 2.10. The molecule has 0 atom stereocenters. The second-order valence-corrected chi connectivity index (χ2v) is 4.10. The van der Waals surface area contributed by atoms with Crippen molar-refractivity contribution < 1.29 is 9.66 Å². The van der Waals surface area contributed by atoms with E-state index in [0.717, 1.165) is 13.1 Å². The smallest absolute Gasteiger partial charge is 0.312 e. The number of halogens is 1. The number of hydrogen-bond acceptors (Lipinski definition) is 4. The summed E-state index contributed by atoms with van der Waals surface area (Å²) < 4.78 is 6.14. The van der Waals surface area contributed by atoms with Crippen LogP contribution in [0.4, 0.5) is 5.69 Å². The molecular formula is C9H9BrN2O3. The van der Waals surface area contributed by atoms with Crippen molar-refractivity contribution in [1.29, 1.82) is 0 Å². The lowest BCUT2D eigenvalue weighted by molar-refractivity contribution is -0.386. The van der Waals surface area contributed by atoms with Crippen molar-refractivity contribution in [3.05, 3.63) is 32.8 Å². The summed E-state index contributed by atoms with van der Waals surface area (Å²) in [6.45, 7) is 1.47. The number of nitro groups is 1. The minimum absolute atomic E-state index is 0.00345. The summed E-state index contributed by atoms with van der Waals surface area (Å²) in [5.41, 5.74) is -0.00345. The van der Waals surface area contributed by atoms with E-state index >= 15 is 0 Å². The molecular weight excluding hydrogens is 264 g/mol. The summed E-state index contributed by atoms with van der Waals surface area (Å²) in [7, 11) is 0. The van der Waals surface area contributed by atoms with Gasteiger partial charge in [0.2, 0.25) is 5.75 Å². The Labute approximate surface area is 94.7 Å². The molecule has 0 saturated carbocycles. The molecule has 1 aliphatic heterocycles. The first-order chi connectivity index (χ1) is 7.18. The molecule has 1 saturated heterocycles. The van der Waals surface area contributed by atoms with Crippen molar-refractivity contribution in [2.45, 2.75) is 6.10 Å². The number of hydrogen-bond donors (Lipinski definition) is 1. The fourth-order valence-corrected chi connectivity index (χ4v) is 1.72. The highest BCUT2D eigenvalue weighted by molar-refractivity contribution is 9.10. The Morgan fingerprint density at radius 1 is 1.53 bits per heavy atom. The van der Waals surface area contributed by atoms with Gasteiger partial charge in [-0.05, 0) is 22.0 Å². The Balaban J connectivity index is 2.29. The van der Waals surface area contributed by atoms with Crippen LogP contribution in [0.3, 0.4) is 0 Å². The maximum Gasteiger partial charge on any atom is 0.312 e. The molecule has 0 amide bonds. The van der Waals surface area contributed by atoms with Crippen molar-refractivity contribution in [3.8, 4) is 5.75 Å². The lowest BCUT2D eigenvalue weighted by atomic mass is 10.2. The average Bonchev–Trinajstić information content (AvgIpc) is 2.12. The first-order valence-corrected chi connectivity index (χ1v) is 5.28. The maximum absolute atomic E-state index is 10.8. The summed E-state index contributed by atoms with van der Waals surface area (Å²) in [5, 5.41) is 13.8. The molecule has 1 aliphatic rings. The molecule has 0 aliphatic carbocycles. The van der Waals surface area contributed by atoms with Gasteiger partial charge >= 0.3 is 5.69 Å². The van der Waals surface area contributed by atoms with Gasteiger partial charge < -0.3 is 10.1 Å². The van der Waals surface area contributed by atoms with Gasteiger partial charge in [0, 0.05) is 19.2 Å². The van der Waals surface area contributed by atoms with E-state index in [1.807, 2.05) is 0 Å². The molecule has 1 heterocycles. The van der Waals surface area contributed by atoms with Gasteiger partial charge in [-0.1, -0.05) is 6.07 Å². The van der Waals surface area contributed by atoms with Gasteiger partial charge in [0.15, 0.2) is 0 Å². The highest BCUT2D eigenvalue weighted by Crippen LogP contribution is 2.35. The lowest BCUT2D eigenvalue weighted by Gasteiger charge is -2.27. The van der Waals surface area contributed by atoms with E-state index < -0.39 is 4.92 Å². The quantitative estimate of drug-likeness (QED) is 0.672. The van der Waals surface area contributed by atoms with Crippen LogP contribution >= 0.6 is 15.9 Å². The number of benzene rings is 1. The van der Waals surface area contributed by atoms with E-state index in [1.54, 1.807) is 12.1 Å². The van der Waals surface area contributed by atoms with Gasteiger partial charge in [-0.25, -0.2) is 0 Å². The Morgan fingerprint density at radius 2 is 2.27 bits per heavy atom. The van der Waals surface area contributed by atoms with E-state index in [9.17, 15) is 10.1 Å². The molecule has 6 heteroatoms. The molecule has 2 rings (SSSR count). The first kappa shape index (κ1) is 10.4. The SMILES string of the molecule is O=[N+]([O-])c1cccc(Br)c1OC1CNC1. The summed E-state index contributed by atoms with van der Waals surface area (Å²) in [6.07, 6.45) is 0.0300. The number of nitro benzene ring substituents is 1. The van der Waals surface area contributed by atoms with Crippen LogP contribution in [0.25, 0.3) is 0 Å². The Hall–Kier alpha value is -1.14. The van der Waals surface area contributed by atoms with Gasteiger partial charge in [-0.2, -0.15) is 0 Å². The van der Waals surface area contributed by atoms with Crippen LogP contribution in [-0.2, 0) is 0 Å². The van der Waals surface area contributed by atoms with E-state index in [4.69, 9.17) is 4.74 Å². The standard InChI is InChI=1S/C9H9BrN2O3/c10-7-2-1-3-8(12(13)14)9(7)15-6-4-11-5-6/h1-3,6,11H,4-5H2. The molecule has 1 aromatic carbocycles. The summed E-state index contributed by atoms with van der Waals surface area (Å²) in [5.74, 6) is 0.314. The summed E-state index contributed by atoms with van der Waals surface area (Å²) in [6, 6.07) is 4.79. The van der Waals surface area contributed by atoms with Crippen LogP contribution in [0.1, 0.15) is 0 Å². The predicted octanol–water partition coefficient (Wildman–Crippen LogP) is 1.71. The molecule has 0 aromatic heterocycles. The monoisotopic (exact) mass is 272 g/mol. The van der Waals surface area contributed by atoms with Gasteiger partial charge in [-0.15, -0.1) is 0 Å². The van der Waals surface area contributed by atoms with Crippen LogP contribution in [0, 0.1) is 10.1 Å². The average molecular weight is 273 g/mol. The molecule has 1 aromatic rings. The van der Waals surface area contributed by atoms with Crippen molar-refractivity contribution in [3.63, 3.8) is 0 Å². The third-order valence-corrected chi connectivity index (χ3v) is 2.80. The molecule has 5 nitrogen and oxygen atoms in total. The van der Waals surface area contributed by atoms with Crippen molar-refractivity contribution in [2.75, 3.05) is 13.1 Å². The second kappa shape index (κ2) is 4.16. The summed E-state index contributed by atoms with van der Waals surface area (Å²) >= 11 is 3.25. The van der Waals surface area contributed by atoms with Gasteiger partial charge in [0.25, 0.3) is 0 Å². The van der Waals surface area contributed by atoms with E-state index in [2.05, 4.69) is 21.2 Å². The number of para-hydroxylation sites is 1.